The lowest BCUT2D eigenvalue weighted by Crippen LogP contribution is -2.52. The molecule has 1 saturated carbocycles. The second kappa shape index (κ2) is 6.95. The van der Waals surface area contributed by atoms with E-state index in [2.05, 4.69) is 12.2 Å². The van der Waals surface area contributed by atoms with Crippen molar-refractivity contribution in [3.05, 3.63) is 0 Å². The van der Waals surface area contributed by atoms with E-state index in [0.29, 0.717) is 6.42 Å². The number of likely N-dealkylation sites (tertiary alicyclic amines) is 1. The van der Waals surface area contributed by atoms with Crippen molar-refractivity contribution in [3.8, 4) is 0 Å². The van der Waals surface area contributed by atoms with E-state index in [0.717, 1.165) is 45.1 Å². The molecule has 2 amide bonds. The number of carbonyl (C=O) groups excluding carboxylic acids is 1. The third-order valence-corrected chi connectivity index (χ3v) is 4.71. The van der Waals surface area contributed by atoms with Gasteiger partial charge < -0.3 is 15.3 Å². The second-order valence-electron chi connectivity index (χ2n) is 6.18. The predicted molar refractivity (Wildman–Crippen MR) is 76.5 cm³/mol. The van der Waals surface area contributed by atoms with Crippen molar-refractivity contribution in [1.29, 1.82) is 0 Å². The quantitative estimate of drug-likeness (QED) is 0.765. The van der Waals surface area contributed by atoms with Gasteiger partial charge in [-0.05, 0) is 39.0 Å². The number of nitrogens with one attached hydrogen (secondary N) is 1. The van der Waals surface area contributed by atoms with Gasteiger partial charge in [-0.1, -0.05) is 19.3 Å². The van der Waals surface area contributed by atoms with Gasteiger partial charge in [0.1, 0.15) is 0 Å². The zero-order chi connectivity index (χ0) is 14.5. The molecule has 2 rings (SSSR count). The van der Waals surface area contributed by atoms with Gasteiger partial charge in [0.2, 0.25) is 0 Å². The van der Waals surface area contributed by atoms with Gasteiger partial charge in [0.15, 0.2) is 0 Å². The highest BCUT2D eigenvalue weighted by Gasteiger charge is 2.32. The Kier molecular flexibility index (Phi) is 5.26. The van der Waals surface area contributed by atoms with Crippen LogP contribution in [0, 0.1) is 5.92 Å². The molecule has 1 saturated heterocycles. The molecule has 1 heterocycles. The molecule has 3 atom stereocenters. The zero-order valence-corrected chi connectivity index (χ0v) is 12.3. The Morgan fingerprint density at radius 3 is 2.45 bits per heavy atom. The predicted octanol–water partition coefficient (Wildman–Crippen LogP) is 2.60. The fourth-order valence-corrected chi connectivity index (χ4v) is 3.42. The number of nitrogens with zero attached hydrogens (tertiary/aromatic N) is 1. The Hall–Kier alpha value is -1.26. The Bertz CT molecular complexity index is 359. The largest absolute Gasteiger partial charge is 0.481 e. The van der Waals surface area contributed by atoms with Crippen LogP contribution in [0.2, 0.25) is 0 Å². The Labute approximate surface area is 120 Å². The molecule has 0 radical (unpaired) electrons. The summed E-state index contributed by atoms with van der Waals surface area (Å²) in [6.45, 7) is 2.86. The number of rotatable bonds is 2. The first-order valence-electron chi connectivity index (χ1n) is 7.89. The lowest BCUT2D eigenvalue weighted by Gasteiger charge is -2.35. The molecule has 2 aliphatic rings. The van der Waals surface area contributed by atoms with Crippen molar-refractivity contribution in [2.24, 2.45) is 5.92 Å². The van der Waals surface area contributed by atoms with Crippen LogP contribution in [0.15, 0.2) is 0 Å². The summed E-state index contributed by atoms with van der Waals surface area (Å²) in [5.74, 6) is -1.20. The number of hydrogen-bond acceptors (Lipinski definition) is 2. The molecule has 5 heteroatoms. The SMILES string of the molecule is CC1CCCCN1C(=O)NC1CCCCCC1C(=O)O. The molecule has 5 nitrogen and oxygen atoms in total. The van der Waals surface area contributed by atoms with Crippen LogP contribution in [-0.2, 0) is 4.79 Å². The van der Waals surface area contributed by atoms with E-state index in [1.807, 2.05) is 4.90 Å². The third-order valence-electron chi connectivity index (χ3n) is 4.71. The van der Waals surface area contributed by atoms with Crippen LogP contribution in [0.1, 0.15) is 58.3 Å². The van der Waals surface area contributed by atoms with E-state index in [1.54, 1.807) is 0 Å². The minimum Gasteiger partial charge on any atom is -0.481 e. The maximum absolute atomic E-state index is 12.4. The van der Waals surface area contributed by atoms with Gasteiger partial charge in [-0.3, -0.25) is 4.79 Å². The average Bonchev–Trinajstić information content (AvgIpc) is 2.64. The number of urea groups is 1. The van der Waals surface area contributed by atoms with E-state index in [-0.39, 0.29) is 18.1 Å². The first kappa shape index (κ1) is 15.1. The topological polar surface area (TPSA) is 69.6 Å². The Morgan fingerprint density at radius 2 is 1.75 bits per heavy atom. The minimum absolute atomic E-state index is 0.0738. The molecule has 3 unspecified atom stereocenters. The number of piperidine rings is 1. The Balaban J connectivity index is 1.98. The highest BCUT2D eigenvalue weighted by atomic mass is 16.4. The molecular formula is C15H26N2O3. The van der Waals surface area contributed by atoms with Crippen molar-refractivity contribution in [2.45, 2.75) is 70.4 Å². The summed E-state index contributed by atoms with van der Waals surface area (Å²) in [5, 5.41) is 12.3. The standard InChI is InChI=1S/C15H26N2O3/c1-11-7-5-6-10-17(11)15(20)16-13-9-4-2-3-8-12(13)14(18)19/h11-13H,2-10H2,1H3,(H,16,20)(H,18,19). The van der Waals surface area contributed by atoms with E-state index in [9.17, 15) is 14.7 Å². The van der Waals surface area contributed by atoms with Gasteiger partial charge >= 0.3 is 12.0 Å². The highest BCUT2D eigenvalue weighted by molar-refractivity contribution is 5.77. The first-order chi connectivity index (χ1) is 9.59. The molecule has 114 valence electrons. The smallest absolute Gasteiger partial charge is 0.317 e. The summed E-state index contributed by atoms with van der Waals surface area (Å²) in [4.78, 5) is 25.6. The molecule has 0 aromatic rings. The van der Waals surface area contributed by atoms with Crippen molar-refractivity contribution in [2.75, 3.05) is 6.54 Å². The molecule has 0 spiro atoms. The van der Waals surface area contributed by atoms with Crippen molar-refractivity contribution >= 4 is 12.0 Å². The van der Waals surface area contributed by atoms with E-state index >= 15 is 0 Å². The summed E-state index contributed by atoms with van der Waals surface area (Å²) in [7, 11) is 0. The lowest BCUT2D eigenvalue weighted by molar-refractivity contribution is -0.142. The lowest BCUT2D eigenvalue weighted by atomic mass is 9.95. The zero-order valence-electron chi connectivity index (χ0n) is 12.3. The molecule has 20 heavy (non-hydrogen) atoms. The van der Waals surface area contributed by atoms with Gasteiger partial charge in [0.05, 0.1) is 5.92 Å². The number of hydrogen-bond donors (Lipinski definition) is 2. The monoisotopic (exact) mass is 282 g/mol. The number of carbonyl (C=O) groups is 2. The van der Waals surface area contributed by atoms with Crippen LogP contribution < -0.4 is 5.32 Å². The molecule has 0 aromatic heterocycles. The molecule has 0 bridgehead atoms. The van der Waals surface area contributed by atoms with Crippen LogP contribution in [0.25, 0.3) is 0 Å². The summed E-state index contributed by atoms with van der Waals surface area (Å²) in [6.07, 6.45) is 7.74. The third kappa shape index (κ3) is 3.64. The van der Waals surface area contributed by atoms with Gasteiger partial charge in [-0.15, -0.1) is 0 Å². The number of aliphatic carboxylic acids is 1. The van der Waals surface area contributed by atoms with Crippen LogP contribution in [-0.4, -0.2) is 40.6 Å². The van der Waals surface area contributed by atoms with E-state index < -0.39 is 11.9 Å². The van der Waals surface area contributed by atoms with Gasteiger partial charge in [0, 0.05) is 18.6 Å². The van der Waals surface area contributed by atoms with Crippen LogP contribution >= 0.6 is 0 Å². The normalized spacial score (nSPS) is 31.4. The number of amides is 2. The molecule has 1 aliphatic heterocycles. The molecular weight excluding hydrogens is 256 g/mol. The van der Waals surface area contributed by atoms with E-state index in [1.165, 1.54) is 6.42 Å². The molecule has 2 fully saturated rings. The summed E-state index contributed by atoms with van der Waals surface area (Å²) < 4.78 is 0. The maximum Gasteiger partial charge on any atom is 0.317 e. The number of carboxylic acids is 1. The van der Waals surface area contributed by atoms with Crippen LogP contribution in [0.5, 0.6) is 0 Å². The van der Waals surface area contributed by atoms with Crippen LogP contribution in [0.3, 0.4) is 0 Å². The van der Waals surface area contributed by atoms with Gasteiger partial charge in [-0.2, -0.15) is 0 Å². The van der Waals surface area contributed by atoms with Crippen molar-refractivity contribution < 1.29 is 14.7 Å². The van der Waals surface area contributed by atoms with Crippen molar-refractivity contribution in [1.82, 2.24) is 10.2 Å². The maximum atomic E-state index is 12.4. The highest BCUT2D eigenvalue weighted by Crippen LogP contribution is 2.24. The molecule has 1 aliphatic carbocycles. The Morgan fingerprint density at radius 1 is 1.05 bits per heavy atom. The first-order valence-corrected chi connectivity index (χ1v) is 7.89. The summed E-state index contributed by atoms with van der Waals surface area (Å²) >= 11 is 0. The van der Waals surface area contributed by atoms with Gasteiger partial charge in [-0.25, -0.2) is 4.79 Å². The fourth-order valence-electron chi connectivity index (χ4n) is 3.42. The summed E-state index contributed by atoms with van der Waals surface area (Å²) in [6, 6.07) is -0.0233. The van der Waals surface area contributed by atoms with E-state index in [4.69, 9.17) is 0 Å². The van der Waals surface area contributed by atoms with Crippen LogP contribution in [0.4, 0.5) is 4.79 Å². The average molecular weight is 282 g/mol. The van der Waals surface area contributed by atoms with Gasteiger partial charge in [0.25, 0.3) is 0 Å². The fraction of sp³-hybridized carbons (Fsp3) is 0.867. The molecule has 2 N–H and O–H groups in total. The summed E-state index contributed by atoms with van der Waals surface area (Å²) in [5.41, 5.74) is 0. The molecule has 0 aromatic carbocycles. The minimum atomic E-state index is -0.774. The number of carboxylic acid groups (broad SMARTS) is 1. The second-order valence-corrected chi connectivity index (χ2v) is 6.18. The van der Waals surface area contributed by atoms with Crippen molar-refractivity contribution in [3.63, 3.8) is 0 Å².